The number of likely N-dealkylation sites (tertiary alicyclic amines) is 1. The largest absolute Gasteiger partial charge is 0.444 e. The van der Waals surface area contributed by atoms with Gasteiger partial charge in [0.15, 0.2) is 17.5 Å². The number of carbonyl (C=O) groups is 1. The molecule has 3 N–H and O–H groups in total. The monoisotopic (exact) mass is 345 g/mol. The van der Waals surface area contributed by atoms with E-state index in [9.17, 15) is 18.0 Å². The highest BCUT2D eigenvalue weighted by atomic mass is 19.2. The summed E-state index contributed by atoms with van der Waals surface area (Å²) in [5.74, 6) is -4.21. The second-order valence-electron chi connectivity index (χ2n) is 6.84. The summed E-state index contributed by atoms with van der Waals surface area (Å²) in [6, 6.07) is 0.543. The van der Waals surface area contributed by atoms with E-state index in [1.54, 1.807) is 25.7 Å². The molecule has 0 atom stereocenters. The van der Waals surface area contributed by atoms with Crippen LogP contribution < -0.4 is 11.1 Å². The first-order chi connectivity index (χ1) is 11.1. The molecule has 0 aliphatic carbocycles. The van der Waals surface area contributed by atoms with Crippen LogP contribution in [0.4, 0.5) is 29.3 Å². The Labute approximate surface area is 138 Å². The maximum atomic E-state index is 13.8. The lowest BCUT2D eigenvalue weighted by atomic mass is 10.0. The average molecular weight is 345 g/mol. The Morgan fingerprint density at radius 3 is 2.38 bits per heavy atom. The van der Waals surface area contributed by atoms with Gasteiger partial charge < -0.3 is 20.7 Å². The van der Waals surface area contributed by atoms with Crippen molar-refractivity contribution in [2.24, 2.45) is 0 Å². The Morgan fingerprint density at radius 2 is 1.83 bits per heavy atom. The van der Waals surface area contributed by atoms with Gasteiger partial charge in [0.25, 0.3) is 0 Å². The van der Waals surface area contributed by atoms with Gasteiger partial charge >= 0.3 is 6.09 Å². The van der Waals surface area contributed by atoms with E-state index in [-0.39, 0.29) is 17.4 Å². The van der Waals surface area contributed by atoms with Crippen molar-refractivity contribution in [3.8, 4) is 0 Å². The quantitative estimate of drug-likeness (QED) is 0.636. The number of hydrogen-bond donors (Lipinski definition) is 2. The van der Waals surface area contributed by atoms with Crippen LogP contribution in [0.15, 0.2) is 6.07 Å². The van der Waals surface area contributed by atoms with Crippen LogP contribution in [0.5, 0.6) is 0 Å². The number of amides is 1. The van der Waals surface area contributed by atoms with Gasteiger partial charge in [0.2, 0.25) is 0 Å². The van der Waals surface area contributed by atoms with Crippen molar-refractivity contribution in [3.63, 3.8) is 0 Å². The molecule has 24 heavy (non-hydrogen) atoms. The molecule has 1 aliphatic heterocycles. The Bertz CT molecular complexity index is 624. The molecule has 1 aromatic carbocycles. The Morgan fingerprint density at radius 1 is 1.25 bits per heavy atom. The van der Waals surface area contributed by atoms with Crippen molar-refractivity contribution in [2.45, 2.75) is 45.3 Å². The zero-order valence-electron chi connectivity index (χ0n) is 14.0. The molecule has 0 unspecified atom stereocenters. The Hall–Kier alpha value is -2.12. The van der Waals surface area contributed by atoms with Crippen molar-refractivity contribution in [1.82, 2.24) is 4.90 Å². The number of carbonyl (C=O) groups excluding carboxylic acids is 1. The third kappa shape index (κ3) is 4.24. The van der Waals surface area contributed by atoms with Gasteiger partial charge in [0.1, 0.15) is 5.60 Å². The number of anilines is 2. The standard InChI is InChI=1S/C16H22F3N3O2/c1-16(2,3)24-15(23)22-6-4-9(5-7-22)21-14-11(20)8-10(17)12(18)13(14)19/h8-9,21H,4-7,20H2,1-3H3. The first-order valence-electron chi connectivity index (χ1n) is 7.76. The molecule has 1 saturated heterocycles. The molecule has 1 amide bonds. The second kappa shape index (κ2) is 6.78. The predicted molar refractivity (Wildman–Crippen MR) is 85.2 cm³/mol. The number of halogens is 3. The minimum absolute atomic E-state index is 0.194. The molecule has 1 aliphatic rings. The van der Waals surface area contributed by atoms with Gasteiger partial charge in [-0.2, -0.15) is 0 Å². The zero-order valence-corrected chi connectivity index (χ0v) is 14.0. The van der Waals surface area contributed by atoms with E-state index in [0.717, 1.165) is 6.07 Å². The van der Waals surface area contributed by atoms with Crippen LogP contribution in [0.25, 0.3) is 0 Å². The van der Waals surface area contributed by atoms with Crippen molar-refractivity contribution in [3.05, 3.63) is 23.5 Å². The Balaban J connectivity index is 1.97. The van der Waals surface area contributed by atoms with Crippen molar-refractivity contribution >= 4 is 17.5 Å². The highest BCUT2D eigenvalue weighted by Gasteiger charge is 2.28. The van der Waals surface area contributed by atoms with Gasteiger partial charge in [-0.15, -0.1) is 0 Å². The lowest BCUT2D eigenvalue weighted by molar-refractivity contribution is 0.0210. The first-order valence-corrected chi connectivity index (χ1v) is 7.76. The third-order valence-electron chi connectivity index (χ3n) is 3.69. The number of nitrogens with zero attached hydrogens (tertiary/aromatic N) is 1. The van der Waals surface area contributed by atoms with Crippen LogP contribution >= 0.6 is 0 Å². The number of ether oxygens (including phenoxy) is 1. The van der Waals surface area contributed by atoms with E-state index in [0.29, 0.717) is 25.9 Å². The molecule has 0 aromatic heterocycles. The van der Waals surface area contributed by atoms with Gasteiger partial charge in [0.05, 0.1) is 11.4 Å². The average Bonchev–Trinajstić information content (AvgIpc) is 2.48. The molecule has 134 valence electrons. The van der Waals surface area contributed by atoms with Gasteiger partial charge in [-0.3, -0.25) is 0 Å². The summed E-state index contributed by atoms with van der Waals surface area (Å²) in [7, 11) is 0. The van der Waals surface area contributed by atoms with Crippen LogP contribution in [0, 0.1) is 17.5 Å². The molecular formula is C16H22F3N3O2. The number of nitrogens with one attached hydrogen (secondary N) is 1. The van der Waals surface area contributed by atoms with Crippen molar-refractivity contribution in [1.29, 1.82) is 0 Å². The molecule has 2 rings (SSSR count). The van der Waals surface area contributed by atoms with Gasteiger partial charge in [0, 0.05) is 25.2 Å². The minimum Gasteiger partial charge on any atom is -0.444 e. The summed E-state index contributed by atoms with van der Waals surface area (Å²) in [5.41, 5.74) is 4.55. The van der Waals surface area contributed by atoms with Crippen molar-refractivity contribution in [2.75, 3.05) is 24.1 Å². The third-order valence-corrected chi connectivity index (χ3v) is 3.69. The fourth-order valence-electron chi connectivity index (χ4n) is 2.50. The van der Waals surface area contributed by atoms with E-state index in [1.807, 2.05) is 0 Å². The van der Waals surface area contributed by atoms with E-state index >= 15 is 0 Å². The van der Waals surface area contributed by atoms with E-state index in [4.69, 9.17) is 10.5 Å². The lowest BCUT2D eigenvalue weighted by Gasteiger charge is -2.34. The van der Waals surface area contributed by atoms with E-state index < -0.39 is 29.1 Å². The molecule has 5 nitrogen and oxygen atoms in total. The van der Waals surface area contributed by atoms with Crippen LogP contribution in [-0.4, -0.2) is 35.7 Å². The number of nitrogen functional groups attached to an aromatic ring is 1. The molecule has 1 heterocycles. The highest BCUT2D eigenvalue weighted by Crippen LogP contribution is 2.29. The fraction of sp³-hybridized carbons (Fsp3) is 0.562. The van der Waals surface area contributed by atoms with Gasteiger partial charge in [-0.1, -0.05) is 0 Å². The summed E-state index contributed by atoms with van der Waals surface area (Å²) in [6.45, 7) is 6.19. The predicted octanol–water partition coefficient (Wildman–Crippen LogP) is 3.50. The molecule has 1 fully saturated rings. The SMILES string of the molecule is CC(C)(C)OC(=O)N1CCC(Nc2c(N)cc(F)c(F)c2F)CC1. The molecule has 0 bridgehead atoms. The number of rotatable bonds is 2. The molecule has 0 spiro atoms. The number of nitrogens with two attached hydrogens (primary N) is 1. The lowest BCUT2D eigenvalue weighted by Crippen LogP contribution is -2.44. The van der Waals surface area contributed by atoms with Gasteiger partial charge in [-0.05, 0) is 33.6 Å². The molecular weight excluding hydrogens is 323 g/mol. The maximum absolute atomic E-state index is 13.8. The topological polar surface area (TPSA) is 67.6 Å². The van der Waals surface area contributed by atoms with E-state index in [2.05, 4.69) is 5.32 Å². The summed E-state index contributed by atoms with van der Waals surface area (Å²) in [5, 5.41) is 2.81. The van der Waals surface area contributed by atoms with Gasteiger partial charge in [-0.25, -0.2) is 18.0 Å². The maximum Gasteiger partial charge on any atom is 0.410 e. The normalized spacial score (nSPS) is 16.2. The number of benzene rings is 1. The molecule has 1 aromatic rings. The Kier molecular flexibility index (Phi) is 5.15. The van der Waals surface area contributed by atoms with Crippen LogP contribution in [0.1, 0.15) is 33.6 Å². The highest BCUT2D eigenvalue weighted by molar-refractivity contribution is 5.69. The number of hydrogen-bond acceptors (Lipinski definition) is 4. The fourth-order valence-corrected chi connectivity index (χ4v) is 2.50. The summed E-state index contributed by atoms with van der Waals surface area (Å²) >= 11 is 0. The molecule has 0 radical (unpaired) electrons. The number of piperidine rings is 1. The van der Waals surface area contributed by atoms with Crippen LogP contribution in [-0.2, 0) is 4.74 Å². The van der Waals surface area contributed by atoms with Crippen LogP contribution in [0.3, 0.4) is 0 Å². The molecule has 8 heteroatoms. The zero-order chi connectivity index (χ0) is 18.1. The summed E-state index contributed by atoms with van der Waals surface area (Å²) in [4.78, 5) is 13.5. The summed E-state index contributed by atoms with van der Waals surface area (Å²) in [6.07, 6.45) is 0.619. The first kappa shape index (κ1) is 18.2. The summed E-state index contributed by atoms with van der Waals surface area (Å²) < 4.78 is 45.5. The van der Waals surface area contributed by atoms with E-state index in [1.165, 1.54) is 0 Å². The van der Waals surface area contributed by atoms with Crippen molar-refractivity contribution < 1.29 is 22.7 Å². The smallest absolute Gasteiger partial charge is 0.410 e. The van der Waals surface area contributed by atoms with Crippen LogP contribution in [0.2, 0.25) is 0 Å². The molecule has 0 saturated carbocycles. The second-order valence-corrected chi connectivity index (χ2v) is 6.84. The minimum atomic E-state index is -1.56.